The predicted molar refractivity (Wildman–Crippen MR) is 70.7 cm³/mol. The van der Waals surface area contributed by atoms with Crippen LogP contribution in [-0.4, -0.2) is 14.2 Å². The molecular weight excluding hydrogens is 232 g/mol. The summed E-state index contributed by atoms with van der Waals surface area (Å²) in [5.74, 6) is 0.309. The van der Waals surface area contributed by atoms with Crippen LogP contribution < -0.4 is 0 Å². The Labute approximate surface area is 104 Å². The van der Waals surface area contributed by atoms with E-state index in [9.17, 15) is 8.42 Å². The Kier molecular flexibility index (Phi) is 3.06. The molecule has 1 unspecified atom stereocenters. The molecule has 0 aliphatic carbocycles. The molecule has 1 atom stereocenters. The first-order chi connectivity index (χ1) is 7.82. The maximum Gasteiger partial charge on any atom is 0.157 e. The van der Waals surface area contributed by atoms with Crippen molar-refractivity contribution in [3.63, 3.8) is 0 Å². The summed E-state index contributed by atoms with van der Waals surface area (Å²) < 4.78 is 24.8. The molecule has 0 saturated carbocycles. The van der Waals surface area contributed by atoms with Crippen molar-refractivity contribution in [1.82, 2.24) is 0 Å². The second-order valence-electron chi connectivity index (χ2n) is 5.92. The maximum atomic E-state index is 12.4. The Morgan fingerprint density at radius 3 is 2.47 bits per heavy atom. The molecule has 1 aliphatic rings. The lowest BCUT2D eigenvalue weighted by Gasteiger charge is -2.30. The van der Waals surface area contributed by atoms with Crippen LogP contribution in [0.25, 0.3) is 0 Å². The molecule has 0 amide bonds. The second-order valence-corrected chi connectivity index (χ2v) is 8.12. The fraction of sp³-hybridized carbons (Fsp3) is 0.571. The van der Waals surface area contributed by atoms with Gasteiger partial charge in [0.25, 0.3) is 0 Å². The summed E-state index contributed by atoms with van der Waals surface area (Å²) in [4.78, 5) is 0. The molecule has 1 aromatic carbocycles. The van der Waals surface area contributed by atoms with E-state index in [0.29, 0.717) is 5.75 Å². The lowest BCUT2D eigenvalue weighted by molar-refractivity contribution is 0.383. The molecule has 0 radical (unpaired) electrons. The molecule has 2 rings (SSSR count). The minimum absolute atomic E-state index is 0.251. The van der Waals surface area contributed by atoms with Crippen LogP contribution in [0.3, 0.4) is 0 Å². The topological polar surface area (TPSA) is 34.1 Å². The lowest BCUT2D eigenvalue weighted by atomic mass is 9.85. The van der Waals surface area contributed by atoms with Crippen molar-refractivity contribution in [1.29, 1.82) is 0 Å². The first-order valence-corrected chi connectivity index (χ1v) is 7.83. The van der Waals surface area contributed by atoms with Gasteiger partial charge in [0.1, 0.15) is 0 Å². The van der Waals surface area contributed by atoms with E-state index in [4.69, 9.17) is 0 Å². The largest absolute Gasteiger partial charge is 0.228 e. The fourth-order valence-electron chi connectivity index (χ4n) is 2.80. The van der Waals surface area contributed by atoms with Crippen LogP contribution in [0.2, 0.25) is 0 Å². The van der Waals surface area contributed by atoms with Gasteiger partial charge in [-0.1, -0.05) is 45.0 Å². The summed E-state index contributed by atoms with van der Waals surface area (Å²) in [5, 5.41) is -0.367. The van der Waals surface area contributed by atoms with Crippen LogP contribution in [0.1, 0.15) is 43.6 Å². The lowest BCUT2D eigenvalue weighted by Crippen LogP contribution is -2.27. The van der Waals surface area contributed by atoms with Gasteiger partial charge in [0, 0.05) is 0 Å². The van der Waals surface area contributed by atoms with Crippen molar-refractivity contribution in [3.05, 3.63) is 35.4 Å². The molecule has 1 aromatic rings. The van der Waals surface area contributed by atoms with Gasteiger partial charge in [-0.2, -0.15) is 0 Å². The molecular formula is C14H20O2S. The summed E-state index contributed by atoms with van der Waals surface area (Å²) in [6.07, 6.45) is 1.62. The zero-order chi connectivity index (χ0) is 12.7. The molecule has 3 heteroatoms. The number of sulfone groups is 1. The van der Waals surface area contributed by atoms with E-state index in [1.807, 2.05) is 39.0 Å². The molecule has 1 heterocycles. The van der Waals surface area contributed by atoms with Gasteiger partial charge in [-0.05, 0) is 29.4 Å². The summed E-state index contributed by atoms with van der Waals surface area (Å²) in [7, 11) is -3.03. The van der Waals surface area contributed by atoms with Crippen molar-refractivity contribution in [2.45, 2.75) is 38.9 Å². The summed E-state index contributed by atoms with van der Waals surface area (Å²) >= 11 is 0. The van der Waals surface area contributed by atoms with Gasteiger partial charge in [0.15, 0.2) is 9.84 Å². The highest BCUT2D eigenvalue weighted by Gasteiger charge is 2.39. The van der Waals surface area contributed by atoms with Crippen LogP contribution >= 0.6 is 0 Å². The Morgan fingerprint density at radius 2 is 1.82 bits per heavy atom. The number of aryl methyl sites for hydroxylation is 1. The minimum atomic E-state index is -3.03. The third-order valence-corrected chi connectivity index (χ3v) is 5.90. The second kappa shape index (κ2) is 4.13. The molecule has 17 heavy (non-hydrogen) atoms. The highest BCUT2D eigenvalue weighted by atomic mass is 32.2. The highest BCUT2D eigenvalue weighted by molar-refractivity contribution is 7.91. The average Bonchev–Trinajstić information content (AvgIpc) is 2.30. The maximum absolute atomic E-state index is 12.4. The fourth-order valence-corrected chi connectivity index (χ4v) is 5.27. The van der Waals surface area contributed by atoms with E-state index < -0.39 is 9.84 Å². The normalized spacial score (nSPS) is 23.8. The van der Waals surface area contributed by atoms with Gasteiger partial charge in [-0.3, -0.25) is 0 Å². The first kappa shape index (κ1) is 12.6. The van der Waals surface area contributed by atoms with Crippen molar-refractivity contribution >= 4 is 9.84 Å². The average molecular weight is 252 g/mol. The minimum Gasteiger partial charge on any atom is -0.228 e. The van der Waals surface area contributed by atoms with Gasteiger partial charge in [0.05, 0.1) is 11.0 Å². The van der Waals surface area contributed by atoms with Gasteiger partial charge in [-0.25, -0.2) is 8.42 Å². The molecule has 0 N–H and O–H groups in total. The summed E-state index contributed by atoms with van der Waals surface area (Å²) in [5.41, 5.74) is 1.96. The molecule has 1 aliphatic heterocycles. The van der Waals surface area contributed by atoms with E-state index in [1.165, 1.54) is 5.56 Å². The Bertz CT molecular complexity index is 509. The van der Waals surface area contributed by atoms with Crippen LogP contribution in [0.4, 0.5) is 0 Å². The monoisotopic (exact) mass is 252 g/mol. The third-order valence-electron chi connectivity index (χ3n) is 3.36. The predicted octanol–water partition coefficient (Wildman–Crippen LogP) is 3.13. The van der Waals surface area contributed by atoms with Crippen LogP contribution in [0.5, 0.6) is 0 Å². The van der Waals surface area contributed by atoms with Gasteiger partial charge in [0.2, 0.25) is 0 Å². The first-order valence-electron chi connectivity index (χ1n) is 6.12. The molecule has 0 saturated heterocycles. The van der Waals surface area contributed by atoms with E-state index in [-0.39, 0.29) is 10.7 Å². The summed E-state index contributed by atoms with van der Waals surface area (Å²) in [6.45, 7) is 6.03. The Morgan fingerprint density at radius 1 is 1.18 bits per heavy atom. The molecule has 2 nitrogen and oxygen atoms in total. The van der Waals surface area contributed by atoms with Crippen molar-refractivity contribution in [3.8, 4) is 0 Å². The molecule has 0 fully saturated rings. The number of fused-ring (bicyclic) bond motifs is 1. The zero-order valence-corrected chi connectivity index (χ0v) is 11.5. The van der Waals surface area contributed by atoms with Crippen molar-refractivity contribution in [2.24, 2.45) is 5.41 Å². The third kappa shape index (κ3) is 2.39. The van der Waals surface area contributed by atoms with Crippen LogP contribution in [0.15, 0.2) is 24.3 Å². The quantitative estimate of drug-likeness (QED) is 0.711. The highest BCUT2D eigenvalue weighted by Crippen LogP contribution is 2.43. The number of hydrogen-bond donors (Lipinski definition) is 0. The standard InChI is InChI=1S/C14H20O2S/c1-14(2,3)13-12-9-5-4-7-11(12)8-6-10-17(13,15)16/h4-5,7,9,13H,6,8,10H2,1-3H3. The van der Waals surface area contributed by atoms with Crippen LogP contribution in [0, 0.1) is 5.41 Å². The van der Waals surface area contributed by atoms with E-state index in [1.54, 1.807) is 0 Å². The zero-order valence-electron chi connectivity index (χ0n) is 10.7. The smallest absolute Gasteiger partial charge is 0.157 e. The van der Waals surface area contributed by atoms with E-state index in [2.05, 4.69) is 6.07 Å². The molecule has 0 bridgehead atoms. The SMILES string of the molecule is CC(C)(C)C1c2ccccc2CCCS1(=O)=O. The molecule has 94 valence electrons. The Balaban J connectivity index is 2.65. The number of rotatable bonds is 0. The molecule has 0 spiro atoms. The van der Waals surface area contributed by atoms with Gasteiger partial charge >= 0.3 is 0 Å². The Hall–Kier alpha value is -0.830. The van der Waals surface area contributed by atoms with Crippen molar-refractivity contribution < 1.29 is 8.42 Å². The summed E-state index contributed by atoms with van der Waals surface area (Å²) in [6, 6.07) is 7.98. The van der Waals surface area contributed by atoms with E-state index in [0.717, 1.165) is 18.4 Å². The molecule has 0 aromatic heterocycles. The van der Waals surface area contributed by atoms with Crippen molar-refractivity contribution in [2.75, 3.05) is 5.75 Å². The number of hydrogen-bond acceptors (Lipinski definition) is 2. The number of benzene rings is 1. The van der Waals surface area contributed by atoms with Gasteiger partial charge in [-0.15, -0.1) is 0 Å². The van der Waals surface area contributed by atoms with Crippen LogP contribution in [-0.2, 0) is 16.3 Å². The van der Waals surface area contributed by atoms with E-state index >= 15 is 0 Å². The van der Waals surface area contributed by atoms with Gasteiger partial charge < -0.3 is 0 Å².